The van der Waals surface area contributed by atoms with Gasteiger partial charge in [-0.15, -0.1) is 0 Å². The summed E-state index contributed by atoms with van der Waals surface area (Å²) >= 11 is 0. The number of nitriles is 1. The van der Waals surface area contributed by atoms with E-state index in [1.807, 2.05) is 6.07 Å². The minimum atomic E-state index is -0.493. The fourth-order valence-electron chi connectivity index (χ4n) is 2.02. The Morgan fingerprint density at radius 1 is 1.19 bits per heavy atom. The van der Waals surface area contributed by atoms with E-state index in [4.69, 9.17) is 5.26 Å². The van der Waals surface area contributed by atoms with Crippen LogP contribution in [0.4, 0.5) is 0 Å². The first-order chi connectivity index (χ1) is 10.0. The second-order valence-electron chi connectivity index (χ2n) is 4.64. The maximum atomic E-state index is 12.3. The predicted molar refractivity (Wildman–Crippen MR) is 76.7 cm³/mol. The van der Waals surface area contributed by atoms with Crippen molar-refractivity contribution < 1.29 is 15.0 Å². The molecule has 0 atom stereocenters. The fourth-order valence-corrected chi connectivity index (χ4v) is 2.02. The lowest BCUT2D eigenvalue weighted by Gasteiger charge is -2.18. The standard InChI is InChI=1S/C16H14N2O3/c1-18(10-12-5-2-4-11(8-12)9-17)16(21)15-13(19)6-3-7-14(15)20/h2-8,19-20H,10H2,1H3. The number of phenols is 2. The summed E-state index contributed by atoms with van der Waals surface area (Å²) in [6, 6.07) is 13.1. The van der Waals surface area contributed by atoms with Crippen LogP contribution >= 0.6 is 0 Å². The lowest BCUT2D eigenvalue weighted by atomic mass is 10.1. The van der Waals surface area contributed by atoms with Gasteiger partial charge >= 0.3 is 0 Å². The molecule has 0 heterocycles. The summed E-state index contributed by atoms with van der Waals surface area (Å²) in [5, 5.41) is 28.3. The summed E-state index contributed by atoms with van der Waals surface area (Å²) < 4.78 is 0. The average molecular weight is 282 g/mol. The Labute approximate surface area is 122 Å². The van der Waals surface area contributed by atoms with E-state index in [1.165, 1.54) is 23.1 Å². The van der Waals surface area contributed by atoms with E-state index >= 15 is 0 Å². The van der Waals surface area contributed by atoms with E-state index < -0.39 is 5.91 Å². The first kappa shape index (κ1) is 14.4. The molecule has 0 spiro atoms. The van der Waals surface area contributed by atoms with Gasteiger partial charge in [-0.3, -0.25) is 4.79 Å². The van der Waals surface area contributed by atoms with Gasteiger partial charge in [-0.05, 0) is 29.8 Å². The van der Waals surface area contributed by atoms with Gasteiger partial charge in [-0.2, -0.15) is 5.26 Å². The summed E-state index contributed by atoms with van der Waals surface area (Å²) in [5.41, 5.74) is 1.18. The van der Waals surface area contributed by atoms with Gasteiger partial charge in [0.25, 0.3) is 5.91 Å². The summed E-state index contributed by atoms with van der Waals surface area (Å²) in [6.45, 7) is 0.266. The molecular formula is C16H14N2O3. The molecular weight excluding hydrogens is 268 g/mol. The van der Waals surface area contributed by atoms with Crippen molar-refractivity contribution in [3.8, 4) is 17.6 Å². The van der Waals surface area contributed by atoms with Crippen molar-refractivity contribution in [3.05, 3.63) is 59.2 Å². The number of carbonyl (C=O) groups is 1. The highest BCUT2D eigenvalue weighted by Gasteiger charge is 2.19. The molecule has 0 fully saturated rings. The van der Waals surface area contributed by atoms with Gasteiger partial charge in [0.05, 0.1) is 11.6 Å². The Balaban J connectivity index is 2.22. The molecule has 5 heteroatoms. The van der Waals surface area contributed by atoms with Gasteiger partial charge in [0, 0.05) is 13.6 Å². The SMILES string of the molecule is CN(Cc1cccc(C#N)c1)C(=O)c1c(O)cccc1O. The third kappa shape index (κ3) is 3.12. The third-order valence-corrected chi connectivity index (χ3v) is 3.06. The Kier molecular flexibility index (Phi) is 4.10. The monoisotopic (exact) mass is 282 g/mol. The van der Waals surface area contributed by atoms with Crippen molar-refractivity contribution in [2.75, 3.05) is 7.05 Å². The van der Waals surface area contributed by atoms with Crippen molar-refractivity contribution in [1.82, 2.24) is 4.90 Å². The van der Waals surface area contributed by atoms with Crippen LogP contribution in [0, 0.1) is 11.3 Å². The summed E-state index contributed by atoms with van der Waals surface area (Å²) in [6.07, 6.45) is 0. The van der Waals surface area contributed by atoms with Crippen LogP contribution in [0.1, 0.15) is 21.5 Å². The van der Waals surface area contributed by atoms with E-state index in [-0.39, 0.29) is 23.6 Å². The smallest absolute Gasteiger partial charge is 0.261 e. The van der Waals surface area contributed by atoms with Gasteiger partial charge in [0.1, 0.15) is 17.1 Å². The molecule has 5 nitrogen and oxygen atoms in total. The molecule has 0 saturated carbocycles. The Morgan fingerprint density at radius 3 is 2.43 bits per heavy atom. The molecule has 0 aliphatic heterocycles. The van der Waals surface area contributed by atoms with Crippen molar-refractivity contribution in [3.63, 3.8) is 0 Å². The van der Waals surface area contributed by atoms with E-state index in [0.717, 1.165) is 5.56 Å². The predicted octanol–water partition coefficient (Wildman–Crippen LogP) is 2.24. The van der Waals surface area contributed by atoms with Gasteiger partial charge in [-0.25, -0.2) is 0 Å². The number of hydrogen-bond acceptors (Lipinski definition) is 4. The zero-order valence-electron chi connectivity index (χ0n) is 11.4. The highest BCUT2D eigenvalue weighted by molar-refractivity contribution is 5.99. The number of rotatable bonds is 3. The summed E-state index contributed by atoms with van der Waals surface area (Å²) in [7, 11) is 1.56. The quantitative estimate of drug-likeness (QED) is 0.904. The first-order valence-electron chi connectivity index (χ1n) is 6.28. The molecule has 0 aromatic heterocycles. The summed E-state index contributed by atoms with van der Waals surface area (Å²) in [5.74, 6) is -1.02. The summed E-state index contributed by atoms with van der Waals surface area (Å²) in [4.78, 5) is 13.7. The average Bonchev–Trinajstić information content (AvgIpc) is 2.47. The Morgan fingerprint density at radius 2 is 1.81 bits per heavy atom. The van der Waals surface area contributed by atoms with Crippen LogP contribution in [-0.2, 0) is 6.54 Å². The zero-order valence-corrected chi connectivity index (χ0v) is 11.4. The van der Waals surface area contributed by atoms with Crippen LogP contribution < -0.4 is 0 Å². The highest BCUT2D eigenvalue weighted by Crippen LogP contribution is 2.27. The zero-order chi connectivity index (χ0) is 15.4. The van der Waals surface area contributed by atoms with Gasteiger partial charge < -0.3 is 15.1 Å². The van der Waals surface area contributed by atoms with Crippen molar-refractivity contribution >= 4 is 5.91 Å². The highest BCUT2D eigenvalue weighted by atomic mass is 16.3. The fraction of sp³-hybridized carbons (Fsp3) is 0.125. The molecule has 2 N–H and O–H groups in total. The van der Waals surface area contributed by atoms with E-state index in [1.54, 1.807) is 31.3 Å². The second-order valence-corrected chi connectivity index (χ2v) is 4.64. The molecule has 0 unspecified atom stereocenters. The maximum Gasteiger partial charge on any atom is 0.261 e. The number of nitrogens with zero attached hydrogens (tertiary/aromatic N) is 2. The molecule has 0 radical (unpaired) electrons. The molecule has 106 valence electrons. The number of phenolic OH excluding ortho intramolecular Hbond substituents is 2. The minimum Gasteiger partial charge on any atom is -0.507 e. The molecule has 21 heavy (non-hydrogen) atoms. The molecule has 0 bridgehead atoms. The number of hydrogen-bond donors (Lipinski definition) is 2. The first-order valence-corrected chi connectivity index (χ1v) is 6.28. The van der Waals surface area contributed by atoms with Gasteiger partial charge in [-0.1, -0.05) is 18.2 Å². The molecule has 2 aromatic carbocycles. The van der Waals surface area contributed by atoms with E-state index in [9.17, 15) is 15.0 Å². The minimum absolute atomic E-state index is 0.128. The van der Waals surface area contributed by atoms with Crippen molar-refractivity contribution in [1.29, 1.82) is 5.26 Å². The number of aromatic hydroxyl groups is 2. The maximum absolute atomic E-state index is 12.3. The van der Waals surface area contributed by atoms with Crippen LogP contribution in [0.3, 0.4) is 0 Å². The van der Waals surface area contributed by atoms with Gasteiger partial charge in [0.2, 0.25) is 0 Å². The van der Waals surface area contributed by atoms with E-state index in [2.05, 4.69) is 0 Å². The second kappa shape index (κ2) is 5.97. The normalized spacial score (nSPS) is 9.90. The number of carbonyl (C=O) groups excluding carboxylic acids is 1. The lowest BCUT2D eigenvalue weighted by Crippen LogP contribution is -2.26. The van der Waals surface area contributed by atoms with Crippen LogP contribution in [0.15, 0.2) is 42.5 Å². The lowest BCUT2D eigenvalue weighted by molar-refractivity contribution is 0.0779. The van der Waals surface area contributed by atoms with Crippen LogP contribution in [-0.4, -0.2) is 28.1 Å². The van der Waals surface area contributed by atoms with Crippen LogP contribution in [0.5, 0.6) is 11.5 Å². The van der Waals surface area contributed by atoms with Crippen LogP contribution in [0.2, 0.25) is 0 Å². The van der Waals surface area contributed by atoms with E-state index in [0.29, 0.717) is 5.56 Å². The Hall–Kier alpha value is -3.00. The topological polar surface area (TPSA) is 84.6 Å². The van der Waals surface area contributed by atoms with Crippen molar-refractivity contribution in [2.24, 2.45) is 0 Å². The molecule has 0 saturated heterocycles. The molecule has 1 amide bonds. The number of benzene rings is 2. The number of amides is 1. The molecule has 0 aliphatic carbocycles. The molecule has 0 aliphatic rings. The third-order valence-electron chi connectivity index (χ3n) is 3.06. The molecule has 2 aromatic rings. The van der Waals surface area contributed by atoms with Gasteiger partial charge in [0.15, 0.2) is 0 Å². The Bertz CT molecular complexity index is 699. The largest absolute Gasteiger partial charge is 0.507 e. The van der Waals surface area contributed by atoms with Crippen molar-refractivity contribution in [2.45, 2.75) is 6.54 Å². The molecule has 2 rings (SSSR count). The van der Waals surface area contributed by atoms with Crippen LogP contribution in [0.25, 0.3) is 0 Å².